The van der Waals surface area contributed by atoms with E-state index in [2.05, 4.69) is 23.1 Å². The van der Waals surface area contributed by atoms with Gasteiger partial charge in [-0.15, -0.1) is 12.3 Å². The van der Waals surface area contributed by atoms with Crippen molar-refractivity contribution in [2.24, 2.45) is 5.92 Å². The van der Waals surface area contributed by atoms with Gasteiger partial charge >= 0.3 is 0 Å². The Morgan fingerprint density at radius 2 is 2.11 bits per heavy atom. The van der Waals surface area contributed by atoms with Crippen LogP contribution in [0, 0.1) is 18.3 Å². The molecular formula is C16H28N2O. The molecular weight excluding hydrogens is 236 g/mol. The molecule has 1 amide bonds. The molecule has 0 aliphatic carbocycles. The lowest BCUT2D eigenvalue weighted by Gasteiger charge is -2.30. The maximum Gasteiger partial charge on any atom is 0.222 e. The second kappa shape index (κ2) is 9.86. The van der Waals surface area contributed by atoms with Crippen LogP contribution in [0.25, 0.3) is 0 Å². The highest BCUT2D eigenvalue weighted by atomic mass is 16.2. The van der Waals surface area contributed by atoms with Crippen LogP contribution in [0.2, 0.25) is 0 Å². The van der Waals surface area contributed by atoms with Gasteiger partial charge in [-0.2, -0.15) is 0 Å². The van der Waals surface area contributed by atoms with Crippen LogP contribution in [0.1, 0.15) is 51.9 Å². The maximum absolute atomic E-state index is 12.2. The van der Waals surface area contributed by atoms with Gasteiger partial charge in [0, 0.05) is 25.9 Å². The van der Waals surface area contributed by atoms with E-state index in [-0.39, 0.29) is 0 Å². The number of nitrogens with zero attached hydrogens (tertiary/aromatic N) is 1. The Labute approximate surface area is 118 Å². The fourth-order valence-corrected chi connectivity index (χ4v) is 2.63. The van der Waals surface area contributed by atoms with Crippen molar-refractivity contribution in [2.75, 3.05) is 26.2 Å². The third-order valence-electron chi connectivity index (χ3n) is 3.75. The van der Waals surface area contributed by atoms with Gasteiger partial charge in [-0.05, 0) is 51.1 Å². The van der Waals surface area contributed by atoms with E-state index in [1.165, 1.54) is 12.8 Å². The molecule has 0 aromatic heterocycles. The summed E-state index contributed by atoms with van der Waals surface area (Å²) < 4.78 is 0. The Morgan fingerprint density at radius 3 is 2.74 bits per heavy atom. The number of nitrogens with one attached hydrogen (secondary N) is 1. The van der Waals surface area contributed by atoms with E-state index in [1.807, 2.05) is 0 Å². The van der Waals surface area contributed by atoms with Crippen molar-refractivity contribution in [3.05, 3.63) is 0 Å². The van der Waals surface area contributed by atoms with Crippen LogP contribution < -0.4 is 5.32 Å². The Balaban J connectivity index is 2.32. The molecule has 3 nitrogen and oxygen atoms in total. The van der Waals surface area contributed by atoms with Crippen LogP contribution in [0.15, 0.2) is 0 Å². The average Bonchev–Trinajstić information content (AvgIpc) is 2.44. The molecule has 1 heterocycles. The molecule has 1 aliphatic rings. The molecule has 1 rings (SSSR count). The molecule has 0 atom stereocenters. The van der Waals surface area contributed by atoms with Crippen molar-refractivity contribution in [3.8, 4) is 12.3 Å². The normalized spacial score (nSPS) is 16.0. The topological polar surface area (TPSA) is 32.3 Å². The number of hydrogen-bond acceptors (Lipinski definition) is 2. The van der Waals surface area contributed by atoms with Crippen molar-refractivity contribution in [2.45, 2.75) is 51.9 Å². The summed E-state index contributed by atoms with van der Waals surface area (Å²) in [5, 5.41) is 3.38. The first-order valence-corrected chi connectivity index (χ1v) is 7.69. The minimum Gasteiger partial charge on any atom is -0.342 e. The van der Waals surface area contributed by atoms with Crippen LogP contribution in [0.3, 0.4) is 0 Å². The first-order chi connectivity index (χ1) is 9.27. The smallest absolute Gasteiger partial charge is 0.222 e. The highest BCUT2D eigenvalue weighted by Gasteiger charge is 2.19. The summed E-state index contributed by atoms with van der Waals surface area (Å²) in [7, 11) is 0. The second-order valence-corrected chi connectivity index (χ2v) is 5.44. The van der Waals surface area contributed by atoms with E-state index in [0.717, 1.165) is 51.9 Å². The number of terminal acetylenes is 1. The standard InChI is InChI=1S/C16H28N2O/c1-3-5-6-7-8-16(19)18(13-4-2)14-15-9-11-17-12-10-15/h1,15,17H,4-14H2,2H3. The van der Waals surface area contributed by atoms with E-state index in [1.54, 1.807) is 0 Å². The monoisotopic (exact) mass is 264 g/mol. The molecule has 0 saturated carbocycles. The number of piperidine rings is 1. The number of carbonyl (C=O) groups is 1. The van der Waals surface area contributed by atoms with Crippen LogP contribution in [-0.2, 0) is 4.79 Å². The molecule has 0 radical (unpaired) electrons. The molecule has 0 bridgehead atoms. The number of unbranched alkanes of at least 4 members (excludes halogenated alkanes) is 2. The SMILES string of the molecule is C#CCCCCC(=O)N(CCC)CC1CCNCC1. The summed E-state index contributed by atoms with van der Waals surface area (Å²) in [6, 6.07) is 0. The van der Waals surface area contributed by atoms with Crippen LogP contribution in [-0.4, -0.2) is 37.0 Å². The molecule has 19 heavy (non-hydrogen) atoms. The molecule has 0 spiro atoms. The fourth-order valence-electron chi connectivity index (χ4n) is 2.63. The molecule has 1 fully saturated rings. The molecule has 0 unspecified atom stereocenters. The quantitative estimate of drug-likeness (QED) is 0.539. The molecule has 0 aromatic rings. The van der Waals surface area contributed by atoms with Crippen LogP contribution >= 0.6 is 0 Å². The predicted octanol–water partition coefficient (Wildman–Crippen LogP) is 2.42. The van der Waals surface area contributed by atoms with Gasteiger partial charge in [0.25, 0.3) is 0 Å². The van der Waals surface area contributed by atoms with Gasteiger partial charge in [-0.3, -0.25) is 4.79 Å². The first-order valence-electron chi connectivity index (χ1n) is 7.69. The summed E-state index contributed by atoms with van der Waals surface area (Å²) in [4.78, 5) is 14.3. The molecule has 1 saturated heterocycles. The Kier molecular flexibility index (Phi) is 8.33. The highest BCUT2D eigenvalue weighted by Crippen LogP contribution is 2.15. The van der Waals surface area contributed by atoms with Crippen LogP contribution in [0.4, 0.5) is 0 Å². The Morgan fingerprint density at radius 1 is 1.37 bits per heavy atom. The lowest BCUT2D eigenvalue weighted by atomic mass is 9.97. The van der Waals surface area contributed by atoms with Crippen molar-refractivity contribution >= 4 is 5.91 Å². The number of carbonyl (C=O) groups excluding carboxylic acids is 1. The molecule has 108 valence electrons. The minimum atomic E-state index is 0.317. The average molecular weight is 264 g/mol. The molecule has 3 heteroatoms. The van der Waals surface area contributed by atoms with E-state index < -0.39 is 0 Å². The van der Waals surface area contributed by atoms with E-state index in [9.17, 15) is 4.79 Å². The van der Waals surface area contributed by atoms with Gasteiger partial charge in [0.05, 0.1) is 0 Å². The Hall–Kier alpha value is -1.01. The summed E-state index contributed by atoms with van der Waals surface area (Å²) in [5.41, 5.74) is 0. The summed E-state index contributed by atoms with van der Waals surface area (Å²) in [6.45, 7) is 6.18. The zero-order chi connectivity index (χ0) is 13.9. The van der Waals surface area contributed by atoms with E-state index >= 15 is 0 Å². The maximum atomic E-state index is 12.2. The van der Waals surface area contributed by atoms with Gasteiger partial charge in [0.15, 0.2) is 0 Å². The summed E-state index contributed by atoms with van der Waals surface area (Å²) in [6.07, 6.45) is 12.0. The number of hydrogen-bond donors (Lipinski definition) is 1. The molecule has 1 aliphatic heterocycles. The van der Waals surface area contributed by atoms with Crippen molar-refractivity contribution in [1.82, 2.24) is 10.2 Å². The minimum absolute atomic E-state index is 0.317. The lowest BCUT2D eigenvalue weighted by molar-refractivity contribution is -0.132. The van der Waals surface area contributed by atoms with Gasteiger partial charge in [0.1, 0.15) is 0 Å². The third-order valence-corrected chi connectivity index (χ3v) is 3.75. The van der Waals surface area contributed by atoms with Crippen molar-refractivity contribution < 1.29 is 4.79 Å². The predicted molar refractivity (Wildman–Crippen MR) is 79.8 cm³/mol. The molecule has 1 N–H and O–H groups in total. The summed E-state index contributed by atoms with van der Waals surface area (Å²) in [5.74, 6) is 3.63. The highest BCUT2D eigenvalue weighted by molar-refractivity contribution is 5.76. The zero-order valence-electron chi connectivity index (χ0n) is 12.3. The van der Waals surface area contributed by atoms with Gasteiger partial charge in [0.2, 0.25) is 5.91 Å². The van der Waals surface area contributed by atoms with E-state index in [0.29, 0.717) is 18.2 Å². The first kappa shape index (κ1) is 16.0. The largest absolute Gasteiger partial charge is 0.342 e. The zero-order valence-corrected chi connectivity index (χ0v) is 12.3. The van der Waals surface area contributed by atoms with E-state index in [4.69, 9.17) is 6.42 Å². The Bertz CT molecular complexity index is 290. The van der Waals surface area contributed by atoms with Gasteiger partial charge < -0.3 is 10.2 Å². The van der Waals surface area contributed by atoms with Gasteiger partial charge in [-0.25, -0.2) is 0 Å². The second-order valence-electron chi connectivity index (χ2n) is 5.44. The van der Waals surface area contributed by atoms with Gasteiger partial charge in [-0.1, -0.05) is 6.92 Å². The van der Waals surface area contributed by atoms with Crippen molar-refractivity contribution in [3.63, 3.8) is 0 Å². The number of rotatable bonds is 8. The van der Waals surface area contributed by atoms with Crippen molar-refractivity contribution in [1.29, 1.82) is 0 Å². The summed E-state index contributed by atoms with van der Waals surface area (Å²) >= 11 is 0. The third kappa shape index (κ3) is 6.63. The lowest BCUT2D eigenvalue weighted by Crippen LogP contribution is -2.39. The molecule has 0 aromatic carbocycles. The number of amides is 1. The fraction of sp³-hybridized carbons (Fsp3) is 0.812. The van der Waals surface area contributed by atoms with Crippen LogP contribution in [0.5, 0.6) is 0 Å².